The zero-order chi connectivity index (χ0) is 21.4. The fourth-order valence-electron chi connectivity index (χ4n) is 4.56. The van der Waals surface area contributed by atoms with Gasteiger partial charge in [-0.1, -0.05) is 25.3 Å². The highest BCUT2D eigenvalue weighted by atomic mass is 79.9. The molecule has 6 nitrogen and oxygen atoms in total. The van der Waals surface area contributed by atoms with E-state index in [0.717, 1.165) is 46.8 Å². The molecule has 0 aliphatic heterocycles. The van der Waals surface area contributed by atoms with Crippen molar-refractivity contribution >= 4 is 38.8 Å². The van der Waals surface area contributed by atoms with Gasteiger partial charge >= 0.3 is 11.9 Å². The molecular weight excluding hydrogens is 448 g/mol. The summed E-state index contributed by atoms with van der Waals surface area (Å²) in [5.41, 5.74) is 3.33. The molecule has 0 unspecified atom stereocenters. The second-order valence-corrected chi connectivity index (χ2v) is 8.80. The number of benzene rings is 1. The molecule has 0 bridgehead atoms. The van der Waals surface area contributed by atoms with Crippen LogP contribution in [-0.4, -0.2) is 31.7 Å². The van der Waals surface area contributed by atoms with Gasteiger partial charge in [-0.15, -0.1) is 0 Å². The minimum atomic E-state index is -1.03. The highest BCUT2D eigenvalue weighted by Crippen LogP contribution is 2.45. The van der Waals surface area contributed by atoms with Gasteiger partial charge in [0.1, 0.15) is 6.04 Å². The first-order valence-corrected chi connectivity index (χ1v) is 10.9. The zero-order valence-corrected chi connectivity index (χ0v) is 18.2. The van der Waals surface area contributed by atoms with Crippen LogP contribution in [-0.2, 0) is 4.79 Å². The van der Waals surface area contributed by atoms with E-state index in [-0.39, 0.29) is 5.56 Å². The molecule has 0 saturated heterocycles. The second kappa shape index (κ2) is 8.22. The Balaban J connectivity index is 2.09. The number of aliphatic carboxylic acids is 1. The van der Waals surface area contributed by atoms with Gasteiger partial charge in [0.05, 0.1) is 22.5 Å². The molecule has 30 heavy (non-hydrogen) atoms. The Labute approximate surface area is 182 Å². The number of carboxylic acid groups (broad SMARTS) is 2. The quantitative estimate of drug-likeness (QED) is 0.487. The van der Waals surface area contributed by atoms with Crippen LogP contribution >= 0.6 is 15.9 Å². The van der Waals surface area contributed by atoms with Crippen molar-refractivity contribution < 1.29 is 19.8 Å². The molecular formula is C23H23BrN2O4. The van der Waals surface area contributed by atoms with Crippen molar-refractivity contribution in [3.63, 3.8) is 0 Å². The molecule has 4 rings (SSSR count). The molecule has 1 aliphatic carbocycles. The third-order valence-electron chi connectivity index (χ3n) is 6.02. The van der Waals surface area contributed by atoms with E-state index >= 15 is 0 Å². The van der Waals surface area contributed by atoms with Crippen LogP contribution in [0.25, 0.3) is 22.3 Å². The monoisotopic (exact) mass is 470 g/mol. The number of hydrogen-bond donors (Lipinski definition) is 2. The smallest absolute Gasteiger partial charge is 0.335 e. The summed E-state index contributed by atoms with van der Waals surface area (Å²) in [4.78, 5) is 28.2. The van der Waals surface area contributed by atoms with Gasteiger partial charge < -0.3 is 14.8 Å². The Bertz CT molecular complexity index is 1110. The summed E-state index contributed by atoms with van der Waals surface area (Å²) in [6.07, 6.45) is 7.24. The van der Waals surface area contributed by atoms with E-state index in [1.54, 1.807) is 29.8 Å². The molecule has 1 saturated carbocycles. The molecule has 1 fully saturated rings. The van der Waals surface area contributed by atoms with Gasteiger partial charge in [0.15, 0.2) is 0 Å². The summed E-state index contributed by atoms with van der Waals surface area (Å²) < 4.78 is 2.59. The maximum Gasteiger partial charge on any atom is 0.335 e. The molecule has 1 aromatic carbocycles. The topological polar surface area (TPSA) is 92.4 Å². The van der Waals surface area contributed by atoms with E-state index in [2.05, 4.69) is 20.9 Å². The first-order valence-electron chi connectivity index (χ1n) is 10.1. The van der Waals surface area contributed by atoms with Crippen LogP contribution in [0.4, 0.5) is 0 Å². The van der Waals surface area contributed by atoms with E-state index < -0.39 is 18.0 Å². The third-order valence-corrected chi connectivity index (χ3v) is 6.49. The summed E-state index contributed by atoms with van der Waals surface area (Å²) in [7, 11) is 0. The van der Waals surface area contributed by atoms with Crippen molar-refractivity contribution in [2.45, 2.75) is 51.0 Å². The maximum atomic E-state index is 12.0. The second-order valence-electron chi connectivity index (χ2n) is 7.88. The number of rotatable bonds is 5. The van der Waals surface area contributed by atoms with Crippen LogP contribution in [0.5, 0.6) is 0 Å². The number of fused-ring (bicyclic) bond motifs is 1. The van der Waals surface area contributed by atoms with Crippen molar-refractivity contribution in [1.29, 1.82) is 0 Å². The number of pyridine rings is 1. The number of aromatic nitrogens is 2. The average Bonchev–Trinajstić information content (AvgIpc) is 3.08. The number of carboxylic acids is 2. The number of aromatic carboxylic acids is 1. The number of carbonyl (C=O) groups is 2. The lowest BCUT2D eigenvalue weighted by Crippen LogP contribution is -2.17. The van der Waals surface area contributed by atoms with Gasteiger partial charge in [-0.05, 0) is 71.4 Å². The minimum Gasteiger partial charge on any atom is -0.480 e. The Hall–Kier alpha value is -2.67. The predicted octanol–water partition coefficient (Wildman–Crippen LogP) is 5.86. The van der Waals surface area contributed by atoms with Crippen molar-refractivity contribution in [3.8, 4) is 11.4 Å². The van der Waals surface area contributed by atoms with Gasteiger partial charge in [0.25, 0.3) is 0 Å². The molecule has 0 radical (unpaired) electrons. The molecule has 1 aliphatic rings. The lowest BCUT2D eigenvalue weighted by Gasteiger charge is -2.24. The molecule has 7 heteroatoms. The van der Waals surface area contributed by atoms with E-state index in [0.29, 0.717) is 17.1 Å². The Morgan fingerprint density at radius 3 is 2.47 bits per heavy atom. The number of hydrogen-bond acceptors (Lipinski definition) is 3. The van der Waals surface area contributed by atoms with Crippen molar-refractivity contribution in [2.24, 2.45) is 0 Å². The van der Waals surface area contributed by atoms with Crippen LogP contribution in [0, 0.1) is 0 Å². The normalized spacial score (nSPS) is 15.9. The van der Waals surface area contributed by atoms with Crippen LogP contribution in [0.1, 0.15) is 66.9 Å². The molecule has 2 N–H and O–H groups in total. The third kappa shape index (κ3) is 3.62. The van der Waals surface area contributed by atoms with Crippen LogP contribution < -0.4 is 0 Å². The fourth-order valence-corrected chi connectivity index (χ4v) is 4.80. The SMILES string of the molecule is C[C@H](C(=O)O)n1c(-c2ccc(Br)cn2)c(C2CCCCC2)c2ccc(C(=O)O)cc21. The molecule has 0 amide bonds. The van der Waals surface area contributed by atoms with E-state index in [1.807, 2.05) is 18.2 Å². The summed E-state index contributed by atoms with van der Waals surface area (Å²) in [6, 6.07) is 7.93. The van der Waals surface area contributed by atoms with Gasteiger partial charge in [-0.25, -0.2) is 9.59 Å². The van der Waals surface area contributed by atoms with Gasteiger partial charge in [0, 0.05) is 16.1 Å². The van der Waals surface area contributed by atoms with Crippen LogP contribution in [0.2, 0.25) is 0 Å². The zero-order valence-electron chi connectivity index (χ0n) is 16.6. The minimum absolute atomic E-state index is 0.143. The van der Waals surface area contributed by atoms with Crippen LogP contribution in [0.15, 0.2) is 41.0 Å². The fraction of sp³-hybridized carbons (Fsp3) is 0.348. The Morgan fingerprint density at radius 2 is 1.87 bits per heavy atom. The molecule has 1 atom stereocenters. The van der Waals surface area contributed by atoms with E-state index in [4.69, 9.17) is 0 Å². The number of halogens is 1. The van der Waals surface area contributed by atoms with E-state index in [9.17, 15) is 19.8 Å². The van der Waals surface area contributed by atoms with Gasteiger partial charge in [-0.2, -0.15) is 0 Å². The Kier molecular flexibility index (Phi) is 5.64. The lowest BCUT2D eigenvalue weighted by molar-refractivity contribution is -0.140. The first-order chi connectivity index (χ1) is 14.4. The highest BCUT2D eigenvalue weighted by Gasteiger charge is 2.30. The molecule has 2 heterocycles. The lowest BCUT2D eigenvalue weighted by atomic mass is 9.82. The summed E-state index contributed by atoms with van der Waals surface area (Å²) in [6.45, 7) is 1.63. The molecule has 3 aromatic rings. The van der Waals surface area contributed by atoms with Crippen molar-refractivity contribution in [2.75, 3.05) is 0 Å². The molecule has 2 aromatic heterocycles. The maximum absolute atomic E-state index is 12.0. The van der Waals surface area contributed by atoms with Crippen molar-refractivity contribution in [1.82, 2.24) is 9.55 Å². The Morgan fingerprint density at radius 1 is 1.13 bits per heavy atom. The van der Waals surface area contributed by atoms with Crippen molar-refractivity contribution in [3.05, 3.63) is 52.1 Å². The predicted molar refractivity (Wildman–Crippen MR) is 118 cm³/mol. The van der Waals surface area contributed by atoms with Crippen LogP contribution in [0.3, 0.4) is 0 Å². The largest absolute Gasteiger partial charge is 0.480 e. The summed E-state index contributed by atoms with van der Waals surface area (Å²) in [5, 5.41) is 20.3. The standard InChI is InChI=1S/C23H23BrN2O4/c1-13(22(27)28)26-19-11-15(23(29)30)7-9-17(19)20(14-5-3-2-4-6-14)21(26)18-10-8-16(24)12-25-18/h7-14H,2-6H2,1H3,(H,27,28)(H,29,30)/t13-/m1/s1. The van der Waals surface area contributed by atoms with Gasteiger partial charge in [0.2, 0.25) is 0 Å². The number of nitrogens with zero attached hydrogens (tertiary/aromatic N) is 2. The first kappa shape index (κ1) is 20.6. The van der Waals surface area contributed by atoms with Gasteiger partial charge in [-0.3, -0.25) is 4.98 Å². The summed E-state index contributed by atoms with van der Waals surface area (Å²) in [5.74, 6) is -1.71. The molecule has 156 valence electrons. The summed E-state index contributed by atoms with van der Waals surface area (Å²) >= 11 is 3.42. The highest BCUT2D eigenvalue weighted by molar-refractivity contribution is 9.10. The van der Waals surface area contributed by atoms with E-state index in [1.165, 1.54) is 6.42 Å². The molecule has 0 spiro atoms. The average molecular weight is 471 g/mol.